The molecule has 0 amide bonds. The van der Waals surface area contributed by atoms with Crippen LogP contribution in [-0.4, -0.2) is 32.6 Å². The van der Waals surface area contributed by atoms with Gasteiger partial charge in [-0.2, -0.15) is 5.10 Å². The normalized spacial score (nSPS) is 10.7. The van der Waals surface area contributed by atoms with E-state index in [-0.39, 0.29) is 17.7 Å². The van der Waals surface area contributed by atoms with Gasteiger partial charge >= 0.3 is 0 Å². The van der Waals surface area contributed by atoms with Gasteiger partial charge in [-0.15, -0.1) is 0 Å². The summed E-state index contributed by atoms with van der Waals surface area (Å²) in [7, 11) is 1.76. The molecule has 134 valence electrons. The average molecular weight is 376 g/mol. The first kappa shape index (κ1) is 17.8. The number of aromatic nitrogens is 4. The minimum absolute atomic E-state index is 0.0323. The maximum absolute atomic E-state index is 13.7. The summed E-state index contributed by atoms with van der Waals surface area (Å²) in [4.78, 5) is 18.6. The number of carbonyl (C=O) groups is 1. The van der Waals surface area contributed by atoms with Crippen LogP contribution in [0.25, 0.3) is 11.4 Å². The van der Waals surface area contributed by atoms with E-state index in [4.69, 9.17) is 22.1 Å². The maximum atomic E-state index is 13.7. The summed E-state index contributed by atoms with van der Waals surface area (Å²) in [5, 5.41) is 4.59. The fraction of sp³-hybridized carbons (Fsp3) is 0.176. The Morgan fingerprint density at radius 2 is 2.12 bits per heavy atom. The highest BCUT2D eigenvalue weighted by Gasteiger charge is 2.16. The second kappa shape index (κ2) is 7.49. The van der Waals surface area contributed by atoms with Crippen LogP contribution in [0.5, 0.6) is 5.75 Å². The predicted molar refractivity (Wildman–Crippen MR) is 94.4 cm³/mol. The van der Waals surface area contributed by atoms with Gasteiger partial charge in [-0.3, -0.25) is 9.48 Å². The lowest BCUT2D eigenvalue weighted by molar-refractivity contribution is -0.109. The molecule has 0 radical (unpaired) electrons. The van der Waals surface area contributed by atoms with E-state index < -0.39 is 5.82 Å². The molecule has 0 aliphatic rings. The number of ether oxygens (including phenoxy) is 1. The third kappa shape index (κ3) is 3.97. The zero-order valence-electron chi connectivity index (χ0n) is 13.8. The SMILES string of the molecule is Cn1cc(Cc2cc(F)ccc2OCC=O)c(-c2cc(Cl)nc(N)n2)n1. The van der Waals surface area contributed by atoms with Crippen molar-refractivity contribution >= 4 is 23.8 Å². The van der Waals surface area contributed by atoms with Gasteiger partial charge in [0, 0.05) is 36.9 Å². The van der Waals surface area contributed by atoms with Crippen molar-refractivity contribution in [2.45, 2.75) is 6.42 Å². The molecule has 0 fully saturated rings. The Bertz CT molecular complexity index is 940. The summed E-state index contributed by atoms with van der Waals surface area (Å²) in [5.41, 5.74) is 8.02. The van der Waals surface area contributed by atoms with Gasteiger partial charge in [-0.1, -0.05) is 11.6 Å². The highest BCUT2D eigenvalue weighted by molar-refractivity contribution is 6.29. The minimum Gasteiger partial charge on any atom is -0.486 e. The number of aryl methyl sites for hydroxylation is 1. The van der Waals surface area contributed by atoms with E-state index in [0.717, 1.165) is 5.56 Å². The van der Waals surface area contributed by atoms with E-state index in [2.05, 4.69) is 15.1 Å². The Hall–Kier alpha value is -3.00. The minimum atomic E-state index is -0.404. The molecule has 3 rings (SSSR count). The number of nitrogens with two attached hydrogens (primary N) is 1. The van der Waals surface area contributed by atoms with Crippen LogP contribution in [0.3, 0.4) is 0 Å². The van der Waals surface area contributed by atoms with E-state index >= 15 is 0 Å². The molecular weight excluding hydrogens is 361 g/mol. The van der Waals surface area contributed by atoms with Gasteiger partial charge in [-0.05, 0) is 18.2 Å². The molecular formula is C17H15ClFN5O2. The van der Waals surface area contributed by atoms with Crippen LogP contribution in [0.15, 0.2) is 30.5 Å². The van der Waals surface area contributed by atoms with Crippen LogP contribution in [0.1, 0.15) is 11.1 Å². The summed E-state index contributed by atoms with van der Waals surface area (Å²) in [5.74, 6) is 0.0524. The van der Waals surface area contributed by atoms with Crippen molar-refractivity contribution in [1.82, 2.24) is 19.7 Å². The summed E-state index contributed by atoms with van der Waals surface area (Å²) in [6.45, 7) is -0.115. The molecule has 7 nitrogen and oxygen atoms in total. The van der Waals surface area contributed by atoms with Crippen LogP contribution in [-0.2, 0) is 18.3 Å². The first-order chi connectivity index (χ1) is 12.5. The van der Waals surface area contributed by atoms with Crippen molar-refractivity contribution in [3.63, 3.8) is 0 Å². The largest absolute Gasteiger partial charge is 0.486 e. The Balaban J connectivity index is 2.01. The molecule has 1 aromatic carbocycles. The Morgan fingerprint density at radius 3 is 2.85 bits per heavy atom. The van der Waals surface area contributed by atoms with Gasteiger partial charge in [0.25, 0.3) is 0 Å². The smallest absolute Gasteiger partial charge is 0.222 e. The molecule has 0 atom stereocenters. The lowest BCUT2D eigenvalue weighted by Gasteiger charge is -2.10. The fourth-order valence-electron chi connectivity index (χ4n) is 2.60. The molecule has 0 saturated carbocycles. The quantitative estimate of drug-likeness (QED) is 0.525. The zero-order valence-corrected chi connectivity index (χ0v) is 14.6. The number of nitrogens with zero attached hydrogens (tertiary/aromatic N) is 4. The van der Waals surface area contributed by atoms with Crippen LogP contribution in [0.2, 0.25) is 5.15 Å². The number of nitrogen functional groups attached to an aromatic ring is 1. The van der Waals surface area contributed by atoms with Crippen LogP contribution in [0.4, 0.5) is 10.3 Å². The lowest BCUT2D eigenvalue weighted by atomic mass is 10.0. The second-order valence-corrected chi connectivity index (χ2v) is 5.90. The predicted octanol–water partition coefficient (Wildman–Crippen LogP) is 2.42. The van der Waals surface area contributed by atoms with Gasteiger partial charge in [0.1, 0.15) is 29.0 Å². The van der Waals surface area contributed by atoms with Crippen molar-refractivity contribution in [1.29, 1.82) is 0 Å². The van der Waals surface area contributed by atoms with Crippen molar-refractivity contribution in [2.24, 2.45) is 7.05 Å². The van der Waals surface area contributed by atoms with Crippen molar-refractivity contribution in [3.8, 4) is 17.1 Å². The molecule has 2 aromatic heterocycles. The maximum Gasteiger partial charge on any atom is 0.222 e. The number of aldehydes is 1. The van der Waals surface area contributed by atoms with E-state index in [0.29, 0.717) is 35.4 Å². The number of rotatable bonds is 6. The zero-order chi connectivity index (χ0) is 18.7. The number of hydrogen-bond acceptors (Lipinski definition) is 6. The number of carbonyl (C=O) groups excluding carboxylic acids is 1. The number of hydrogen-bond donors (Lipinski definition) is 1. The monoisotopic (exact) mass is 375 g/mol. The van der Waals surface area contributed by atoms with E-state index in [1.807, 2.05) is 0 Å². The van der Waals surface area contributed by atoms with Gasteiger partial charge in [0.2, 0.25) is 5.95 Å². The third-order valence-corrected chi connectivity index (χ3v) is 3.76. The van der Waals surface area contributed by atoms with Crippen molar-refractivity contribution in [3.05, 3.63) is 52.6 Å². The molecule has 0 aliphatic heterocycles. The molecule has 26 heavy (non-hydrogen) atoms. The number of anilines is 1. The average Bonchev–Trinajstić information content (AvgIpc) is 2.94. The van der Waals surface area contributed by atoms with Gasteiger partial charge in [0.05, 0.1) is 5.69 Å². The lowest BCUT2D eigenvalue weighted by Crippen LogP contribution is -2.03. The first-order valence-electron chi connectivity index (χ1n) is 7.64. The van der Waals surface area contributed by atoms with E-state index in [1.165, 1.54) is 18.2 Å². The Kier molecular flexibility index (Phi) is 5.13. The van der Waals surface area contributed by atoms with E-state index in [1.54, 1.807) is 24.0 Å². The molecule has 0 spiro atoms. The molecule has 0 saturated heterocycles. The molecule has 9 heteroatoms. The van der Waals surface area contributed by atoms with Crippen molar-refractivity contribution in [2.75, 3.05) is 12.3 Å². The summed E-state index contributed by atoms with van der Waals surface area (Å²) in [6.07, 6.45) is 2.74. The molecule has 2 heterocycles. The van der Waals surface area contributed by atoms with Crippen LogP contribution in [0, 0.1) is 5.82 Å². The highest BCUT2D eigenvalue weighted by atomic mass is 35.5. The van der Waals surface area contributed by atoms with Gasteiger partial charge in [-0.25, -0.2) is 14.4 Å². The van der Waals surface area contributed by atoms with Gasteiger partial charge in [0.15, 0.2) is 6.29 Å². The molecule has 3 aromatic rings. The molecule has 0 unspecified atom stereocenters. The van der Waals surface area contributed by atoms with Crippen LogP contribution >= 0.6 is 11.6 Å². The van der Waals surface area contributed by atoms with E-state index in [9.17, 15) is 9.18 Å². The summed E-state index contributed by atoms with van der Waals surface area (Å²) >= 11 is 5.95. The Morgan fingerprint density at radius 1 is 1.31 bits per heavy atom. The fourth-order valence-corrected chi connectivity index (χ4v) is 2.79. The van der Waals surface area contributed by atoms with Crippen LogP contribution < -0.4 is 10.5 Å². The topological polar surface area (TPSA) is 95.9 Å². The second-order valence-electron chi connectivity index (χ2n) is 5.52. The number of benzene rings is 1. The number of halogens is 2. The summed E-state index contributed by atoms with van der Waals surface area (Å²) in [6, 6.07) is 5.68. The molecule has 2 N–H and O–H groups in total. The van der Waals surface area contributed by atoms with Crippen molar-refractivity contribution < 1.29 is 13.9 Å². The highest BCUT2D eigenvalue weighted by Crippen LogP contribution is 2.28. The first-order valence-corrected chi connectivity index (χ1v) is 8.02. The molecule has 0 aliphatic carbocycles. The summed E-state index contributed by atoms with van der Waals surface area (Å²) < 4.78 is 20.7. The standard InChI is InChI=1S/C17H15ClFN5O2/c1-24-9-11(16(23-24)13-8-15(18)22-17(20)21-13)6-10-7-12(19)2-3-14(10)26-5-4-25/h2-4,7-9H,5-6H2,1H3,(H2,20,21,22). The third-order valence-electron chi connectivity index (χ3n) is 3.57. The van der Waals surface area contributed by atoms with Gasteiger partial charge < -0.3 is 10.5 Å². The Labute approximate surface area is 153 Å². The molecule has 0 bridgehead atoms.